The highest BCUT2D eigenvalue weighted by Gasteiger charge is 2.50. The van der Waals surface area contributed by atoms with E-state index in [1.54, 1.807) is 18.8 Å². The zero-order chi connectivity index (χ0) is 20.6. The SMILES string of the molecule is CN=C(NCCSc1ccccc1)NCC1CCN(S(=O)(=O)C(F)(F)F)CC1. The summed E-state index contributed by atoms with van der Waals surface area (Å²) in [7, 11) is -3.57. The molecule has 0 aliphatic carbocycles. The Morgan fingerprint density at radius 2 is 1.86 bits per heavy atom. The zero-order valence-corrected chi connectivity index (χ0v) is 17.2. The summed E-state index contributed by atoms with van der Waals surface area (Å²) in [6, 6.07) is 10.0. The first-order valence-electron chi connectivity index (χ1n) is 8.93. The minimum atomic E-state index is -5.23. The van der Waals surface area contributed by atoms with Crippen molar-refractivity contribution in [2.75, 3.05) is 39.0 Å². The lowest BCUT2D eigenvalue weighted by atomic mass is 9.98. The van der Waals surface area contributed by atoms with Crippen LogP contribution in [-0.4, -0.2) is 63.2 Å². The van der Waals surface area contributed by atoms with Gasteiger partial charge in [0.1, 0.15) is 0 Å². The summed E-state index contributed by atoms with van der Waals surface area (Å²) in [5.74, 6) is 1.58. The Kier molecular flexibility index (Phi) is 8.44. The van der Waals surface area contributed by atoms with E-state index in [0.29, 0.717) is 36.2 Å². The number of hydrogen-bond donors (Lipinski definition) is 2. The van der Waals surface area contributed by atoms with Crippen molar-refractivity contribution in [3.05, 3.63) is 30.3 Å². The molecule has 1 aliphatic heterocycles. The van der Waals surface area contributed by atoms with E-state index in [4.69, 9.17) is 0 Å². The molecule has 11 heteroatoms. The molecule has 1 aromatic carbocycles. The van der Waals surface area contributed by atoms with Gasteiger partial charge in [-0.1, -0.05) is 18.2 Å². The molecule has 2 rings (SSSR count). The lowest BCUT2D eigenvalue weighted by Crippen LogP contribution is -2.47. The highest BCUT2D eigenvalue weighted by molar-refractivity contribution is 7.99. The smallest absolute Gasteiger partial charge is 0.356 e. The number of nitrogens with zero attached hydrogens (tertiary/aromatic N) is 2. The molecule has 0 amide bonds. The number of thioether (sulfide) groups is 1. The summed E-state index contributed by atoms with van der Waals surface area (Å²) in [4.78, 5) is 5.32. The maximum Gasteiger partial charge on any atom is 0.511 e. The van der Waals surface area contributed by atoms with Crippen molar-refractivity contribution in [1.82, 2.24) is 14.9 Å². The van der Waals surface area contributed by atoms with E-state index in [0.717, 1.165) is 5.75 Å². The normalized spacial score (nSPS) is 17.5. The van der Waals surface area contributed by atoms with Crippen molar-refractivity contribution in [2.45, 2.75) is 23.2 Å². The first-order valence-corrected chi connectivity index (χ1v) is 11.4. The summed E-state index contributed by atoms with van der Waals surface area (Å²) in [5.41, 5.74) is -5.23. The Balaban J connectivity index is 1.67. The van der Waals surface area contributed by atoms with Crippen LogP contribution in [0.1, 0.15) is 12.8 Å². The average Bonchev–Trinajstić information content (AvgIpc) is 2.67. The van der Waals surface area contributed by atoms with Crippen LogP contribution in [-0.2, 0) is 10.0 Å². The van der Waals surface area contributed by atoms with E-state index in [-0.39, 0.29) is 19.0 Å². The monoisotopic (exact) mass is 438 g/mol. The van der Waals surface area contributed by atoms with Crippen molar-refractivity contribution in [1.29, 1.82) is 0 Å². The topological polar surface area (TPSA) is 73.8 Å². The second-order valence-corrected chi connectivity index (χ2v) is 9.43. The molecule has 28 heavy (non-hydrogen) atoms. The van der Waals surface area contributed by atoms with Crippen LogP contribution in [0.5, 0.6) is 0 Å². The summed E-state index contributed by atoms with van der Waals surface area (Å²) >= 11 is 1.72. The molecular weight excluding hydrogens is 413 g/mol. The van der Waals surface area contributed by atoms with E-state index < -0.39 is 15.5 Å². The fourth-order valence-electron chi connectivity index (χ4n) is 2.82. The molecule has 0 spiro atoms. The lowest BCUT2D eigenvalue weighted by molar-refractivity contribution is -0.0496. The van der Waals surface area contributed by atoms with Crippen LogP contribution < -0.4 is 10.6 Å². The van der Waals surface area contributed by atoms with Crippen LogP contribution in [0.15, 0.2) is 40.2 Å². The maximum absolute atomic E-state index is 12.6. The van der Waals surface area contributed by atoms with Gasteiger partial charge < -0.3 is 10.6 Å². The number of hydrogen-bond acceptors (Lipinski definition) is 4. The number of benzene rings is 1. The molecule has 0 bridgehead atoms. The zero-order valence-electron chi connectivity index (χ0n) is 15.6. The molecule has 1 saturated heterocycles. The molecule has 0 unspecified atom stereocenters. The first-order chi connectivity index (χ1) is 13.2. The minimum Gasteiger partial charge on any atom is -0.356 e. The molecule has 0 aromatic heterocycles. The number of sulfonamides is 1. The molecule has 6 nitrogen and oxygen atoms in total. The molecule has 0 radical (unpaired) electrons. The van der Waals surface area contributed by atoms with Crippen LogP contribution in [0.2, 0.25) is 0 Å². The van der Waals surface area contributed by atoms with Crippen molar-refractivity contribution < 1.29 is 21.6 Å². The van der Waals surface area contributed by atoms with Crippen LogP contribution in [0.4, 0.5) is 13.2 Å². The summed E-state index contributed by atoms with van der Waals surface area (Å²) in [5, 5.41) is 6.36. The predicted molar refractivity (Wildman–Crippen MR) is 106 cm³/mol. The van der Waals surface area contributed by atoms with Crippen molar-refractivity contribution in [2.24, 2.45) is 10.9 Å². The standard InChI is InChI=1S/C17H25F3N4O2S2/c1-21-16(22-9-12-27-15-5-3-2-4-6-15)23-13-14-7-10-24(11-8-14)28(25,26)17(18,19)20/h2-6,14H,7-13H2,1H3,(H2,21,22,23). The number of guanidine groups is 1. The second-order valence-electron chi connectivity index (χ2n) is 6.33. The number of alkyl halides is 3. The van der Waals surface area contributed by atoms with Gasteiger partial charge in [0.2, 0.25) is 0 Å². The van der Waals surface area contributed by atoms with Crippen molar-refractivity contribution >= 4 is 27.7 Å². The van der Waals surface area contributed by atoms with Crippen LogP contribution in [0.25, 0.3) is 0 Å². The highest BCUT2D eigenvalue weighted by Crippen LogP contribution is 2.30. The van der Waals surface area contributed by atoms with Gasteiger partial charge in [-0.2, -0.15) is 17.5 Å². The third-order valence-electron chi connectivity index (χ3n) is 4.39. The van der Waals surface area contributed by atoms with Gasteiger partial charge in [0.15, 0.2) is 5.96 Å². The lowest BCUT2D eigenvalue weighted by Gasteiger charge is -2.31. The third-order valence-corrected chi connectivity index (χ3v) is 7.04. The van der Waals surface area contributed by atoms with Gasteiger partial charge in [0, 0.05) is 43.9 Å². The molecule has 158 valence electrons. The molecule has 2 N–H and O–H groups in total. The Bertz CT molecular complexity index is 735. The Labute approximate surface area is 168 Å². The van der Waals surface area contributed by atoms with Gasteiger partial charge >= 0.3 is 15.5 Å². The van der Waals surface area contributed by atoms with E-state index in [1.807, 2.05) is 30.3 Å². The molecule has 1 fully saturated rings. The first kappa shape index (κ1) is 22.8. The number of piperidine rings is 1. The molecule has 1 aromatic rings. The van der Waals surface area contributed by atoms with Crippen molar-refractivity contribution in [3.63, 3.8) is 0 Å². The molecule has 0 saturated carbocycles. The van der Waals surface area contributed by atoms with E-state index in [2.05, 4.69) is 15.6 Å². The quantitative estimate of drug-likeness (QED) is 0.296. The fourth-order valence-corrected chi connectivity index (χ4v) is 4.59. The van der Waals surface area contributed by atoms with Crippen molar-refractivity contribution in [3.8, 4) is 0 Å². The Hall–Kier alpha value is -1.46. The fraction of sp³-hybridized carbons (Fsp3) is 0.588. The highest BCUT2D eigenvalue weighted by atomic mass is 32.2. The third kappa shape index (κ3) is 6.56. The summed E-state index contributed by atoms with van der Waals surface area (Å²) in [6.45, 7) is 1.01. The maximum atomic E-state index is 12.6. The van der Waals surface area contributed by atoms with Gasteiger partial charge in [0.25, 0.3) is 0 Å². The Morgan fingerprint density at radius 3 is 2.43 bits per heavy atom. The van der Waals surface area contributed by atoms with E-state index in [1.165, 1.54) is 4.90 Å². The number of aliphatic imine (C=N–C) groups is 1. The molecule has 1 aliphatic rings. The van der Waals surface area contributed by atoms with E-state index in [9.17, 15) is 21.6 Å². The molecular formula is C17H25F3N4O2S2. The van der Waals surface area contributed by atoms with Gasteiger partial charge in [0.05, 0.1) is 0 Å². The van der Waals surface area contributed by atoms with Gasteiger partial charge in [-0.05, 0) is 30.9 Å². The molecule has 0 atom stereocenters. The molecule has 1 heterocycles. The van der Waals surface area contributed by atoms with E-state index >= 15 is 0 Å². The van der Waals surface area contributed by atoms with Crippen LogP contribution >= 0.6 is 11.8 Å². The summed E-state index contributed by atoms with van der Waals surface area (Å²) < 4.78 is 61.2. The van der Waals surface area contributed by atoms with Gasteiger partial charge in [-0.15, -0.1) is 11.8 Å². The summed E-state index contributed by atoms with van der Waals surface area (Å²) in [6.07, 6.45) is 0.756. The minimum absolute atomic E-state index is 0.0944. The predicted octanol–water partition coefficient (Wildman–Crippen LogP) is 2.51. The van der Waals surface area contributed by atoms with Crippen LogP contribution in [0.3, 0.4) is 0 Å². The van der Waals surface area contributed by atoms with Gasteiger partial charge in [-0.25, -0.2) is 8.42 Å². The Morgan fingerprint density at radius 1 is 1.21 bits per heavy atom. The average molecular weight is 439 g/mol. The largest absolute Gasteiger partial charge is 0.511 e. The van der Waals surface area contributed by atoms with Crippen LogP contribution in [0, 0.1) is 5.92 Å². The number of nitrogens with one attached hydrogen (secondary N) is 2. The number of rotatable bonds is 7. The van der Waals surface area contributed by atoms with Gasteiger partial charge in [-0.3, -0.25) is 4.99 Å². The number of halogens is 3. The second kappa shape index (κ2) is 10.4.